The molecule has 0 aliphatic heterocycles. The van der Waals surface area contributed by atoms with Crippen molar-refractivity contribution in [1.29, 1.82) is 0 Å². The van der Waals surface area contributed by atoms with Crippen molar-refractivity contribution in [3.8, 4) is 0 Å². The second-order valence-electron chi connectivity index (χ2n) is 6.93. The molecule has 0 heterocycles. The van der Waals surface area contributed by atoms with Gasteiger partial charge in [0.15, 0.2) is 0 Å². The summed E-state index contributed by atoms with van der Waals surface area (Å²) in [5, 5.41) is 4.61. The van der Waals surface area contributed by atoms with E-state index in [4.69, 9.17) is 11.6 Å². The fourth-order valence-electron chi connectivity index (χ4n) is 3.39. The van der Waals surface area contributed by atoms with E-state index in [2.05, 4.69) is 45.1 Å². The molecule has 0 spiro atoms. The molecule has 1 aromatic carbocycles. The minimum atomic E-state index is 0.368. The van der Waals surface area contributed by atoms with Gasteiger partial charge in [-0.25, -0.2) is 0 Å². The molecule has 3 atom stereocenters. The number of rotatable bonds is 3. The van der Waals surface area contributed by atoms with Gasteiger partial charge in [0.05, 0.1) is 0 Å². The molecule has 1 aliphatic rings. The van der Waals surface area contributed by atoms with Crippen molar-refractivity contribution in [1.82, 2.24) is 5.32 Å². The molecule has 19 heavy (non-hydrogen) atoms. The average Bonchev–Trinajstić information content (AvgIpc) is 2.32. The SMILES string of the molecule is CC(NC1CCC(C)(C)CC1C)c1cccc(Cl)c1. The number of benzene rings is 1. The van der Waals surface area contributed by atoms with Crippen LogP contribution in [0.5, 0.6) is 0 Å². The first-order valence-electron chi connectivity index (χ1n) is 7.39. The minimum Gasteiger partial charge on any atom is -0.307 e. The molecule has 2 heteroatoms. The summed E-state index contributed by atoms with van der Waals surface area (Å²) in [6.07, 6.45) is 3.91. The summed E-state index contributed by atoms with van der Waals surface area (Å²) in [5.74, 6) is 0.741. The van der Waals surface area contributed by atoms with Crippen LogP contribution in [0.15, 0.2) is 24.3 Å². The molecule has 0 saturated heterocycles. The molecule has 0 aromatic heterocycles. The van der Waals surface area contributed by atoms with Gasteiger partial charge in [0.2, 0.25) is 0 Å². The maximum atomic E-state index is 6.07. The number of hydrogen-bond donors (Lipinski definition) is 1. The Labute approximate surface area is 122 Å². The Morgan fingerprint density at radius 2 is 2.11 bits per heavy atom. The third kappa shape index (κ3) is 3.97. The van der Waals surface area contributed by atoms with Gasteiger partial charge in [-0.2, -0.15) is 0 Å². The Bertz CT molecular complexity index is 427. The molecule has 0 bridgehead atoms. The van der Waals surface area contributed by atoms with Crippen LogP contribution >= 0.6 is 11.6 Å². The van der Waals surface area contributed by atoms with Crippen molar-refractivity contribution in [2.24, 2.45) is 11.3 Å². The smallest absolute Gasteiger partial charge is 0.0409 e. The Morgan fingerprint density at radius 3 is 2.74 bits per heavy atom. The molecule has 1 aliphatic carbocycles. The van der Waals surface area contributed by atoms with Gasteiger partial charge in [-0.05, 0) is 55.2 Å². The summed E-state index contributed by atoms with van der Waals surface area (Å²) in [6, 6.07) is 9.18. The van der Waals surface area contributed by atoms with E-state index in [0.29, 0.717) is 17.5 Å². The lowest BCUT2D eigenvalue weighted by atomic mass is 9.70. The van der Waals surface area contributed by atoms with Crippen LogP contribution in [0.2, 0.25) is 5.02 Å². The summed E-state index contributed by atoms with van der Waals surface area (Å²) in [4.78, 5) is 0. The van der Waals surface area contributed by atoms with Crippen molar-refractivity contribution in [3.63, 3.8) is 0 Å². The molecule has 0 radical (unpaired) electrons. The lowest BCUT2D eigenvalue weighted by molar-refractivity contribution is 0.143. The molecule has 0 amide bonds. The summed E-state index contributed by atoms with van der Waals surface area (Å²) >= 11 is 6.07. The van der Waals surface area contributed by atoms with Crippen LogP contribution in [0.3, 0.4) is 0 Å². The van der Waals surface area contributed by atoms with Gasteiger partial charge >= 0.3 is 0 Å². The number of hydrogen-bond acceptors (Lipinski definition) is 1. The molecule has 1 aromatic rings. The fraction of sp³-hybridized carbons (Fsp3) is 0.647. The monoisotopic (exact) mass is 279 g/mol. The zero-order valence-electron chi connectivity index (χ0n) is 12.5. The van der Waals surface area contributed by atoms with E-state index in [1.807, 2.05) is 12.1 Å². The van der Waals surface area contributed by atoms with Crippen molar-refractivity contribution in [3.05, 3.63) is 34.9 Å². The highest BCUT2D eigenvalue weighted by atomic mass is 35.5. The summed E-state index contributed by atoms with van der Waals surface area (Å²) in [5.41, 5.74) is 1.79. The van der Waals surface area contributed by atoms with Gasteiger partial charge in [0.1, 0.15) is 0 Å². The standard InChI is InChI=1S/C17H26ClN/c1-12-11-17(3,4)9-8-16(12)19-13(2)14-6-5-7-15(18)10-14/h5-7,10,12-13,16,19H,8-9,11H2,1-4H3. The molecule has 3 unspecified atom stereocenters. The zero-order chi connectivity index (χ0) is 14.0. The number of halogens is 1. The van der Waals surface area contributed by atoms with E-state index < -0.39 is 0 Å². The third-order valence-corrected chi connectivity index (χ3v) is 4.74. The van der Waals surface area contributed by atoms with Crippen molar-refractivity contribution in [2.75, 3.05) is 0 Å². The van der Waals surface area contributed by atoms with Crippen molar-refractivity contribution < 1.29 is 0 Å². The molecule has 2 rings (SSSR count). The van der Waals surface area contributed by atoms with E-state index in [1.165, 1.54) is 24.8 Å². The summed E-state index contributed by atoms with van der Waals surface area (Å²) in [6.45, 7) is 9.39. The molecular weight excluding hydrogens is 254 g/mol. The first-order chi connectivity index (χ1) is 8.87. The Kier molecular flexibility index (Phi) is 4.58. The molecule has 106 valence electrons. The third-order valence-electron chi connectivity index (χ3n) is 4.51. The van der Waals surface area contributed by atoms with E-state index in [9.17, 15) is 0 Å². The number of nitrogens with one attached hydrogen (secondary N) is 1. The van der Waals surface area contributed by atoms with E-state index in [0.717, 1.165) is 10.9 Å². The van der Waals surface area contributed by atoms with Crippen LogP contribution in [-0.2, 0) is 0 Å². The van der Waals surface area contributed by atoms with Gasteiger partial charge in [0, 0.05) is 17.1 Å². The first-order valence-corrected chi connectivity index (χ1v) is 7.77. The second-order valence-corrected chi connectivity index (χ2v) is 7.37. The fourth-order valence-corrected chi connectivity index (χ4v) is 3.59. The maximum Gasteiger partial charge on any atom is 0.0409 e. The van der Waals surface area contributed by atoms with Gasteiger partial charge in [0.25, 0.3) is 0 Å². The van der Waals surface area contributed by atoms with E-state index in [1.54, 1.807) is 0 Å². The Hall–Kier alpha value is -0.530. The van der Waals surface area contributed by atoms with E-state index in [-0.39, 0.29) is 0 Å². The Balaban J connectivity index is 1.98. The highest BCUT2D eigenvalue weighted by Crippen LogP contribution is 2.39. The Morgan fingerprint density at radius 1 is 1.37 bits per heavy atom. The molecular formula is C17H26ClN. The van der Waals surface area contributed by atoms with Crippen LogP contribution in [0.4, 0.5) is 0 Å². The van der Waals surface area contributed by atoms with Gasteiger partial charge in [-0.3, -0.25) is 0 Å². The van der Waals surface area contributed by atoms with Crippen LogP contribution in [-0.4, -0.2) is 6.04 Å². The second kappa shape index (κ2) is 5.85. The molecule has 1 N–H and O–H groups in total. The van der Waals surface area contributed by atoms with Crippen molar-refractivity contribution in [2.45, 2.75) is 59.0 Å². The zero-order valence-corrected chi connectivity index (χ0v) is 13.3. The lowest BCUT2D eigenvalue weighted by Gasteiger charge is -2.40. The molecule has 1 fully saturated rings. The highest BCUT2D eigenvalue weighted by molar-refractivity contribution is 6.30. The predicted octanol–water partition coefficient (Wildman–Crippen LogP) is 5.21. The quantitative estimate of drug-likeness (QED) is 0.801. The van der Waals surface area contributed by atoms with Crippen LogP contribution < -0.4 is 5.32 Å². The normalized spacial score (nSPS) is 28.1. The predicted molar refractivity (Wildman–Crippen MR) is 83.6 cm³/mol. The largest absolute Gasteiger partial charge is 0.307 e. The van der Waals surface area contributed by atoms with Crippen LogP contribution in [0.25, 0.3) is 0 Å². The summed E-state index contributed by atoms with van der Waals surface area (Å²) in [7, 11) is 0. The molecule has 1 saturated carbocycles. The lowest BCUT2D eigenvalue weighted by Crippen LogP contribution is -2.42. The van der Waals surface area contributed by atoms with Gasteiger partial charge in [-0.1, -0.05) is 44.5 Å². The van der Waals surface area contributed by atoms with Crippen LogP contribution in [0, 0.1) is 11.3 Å². The molecule has 1 nitrogen and oxygen atoms in total. The maximum absolute atomic E-state index is 6.07. The van der Waals surface area contributed by atoms with E-state index >= 15 is 0 Å². The highest BCUT2D eigenvalue weighted by Gasteiger charge is 2.32. The summed E-state index contributed by atoms with van der Waals surface area (Å²) < 4.78 is 0. The van der Waals surface area contributed by atoms with Gasteiger partial charge < -0.3 is 5.32 Å². The van der Waals surface area contributed by atoms with Crippen molar-refractivity contribution >= 4 is 11.6 Å². The topological polar surface area (TPSA) is 12.0 Å². The van der Waals surface area contributed by atoms with Crippen LogP contribution in [0.1, 0.15) is 58.6 Å². The first kappa shape index (κ1) is 14.9. The average molecular weight is 280 g/mol. The minimum absolute atomic E-state index is 0.368. The van der Waals surface area contributed by atoms with Gasteiger partial charge in [-0.15, -0.1) is 0 Å².